The Balaban J connectivity index is 2.05. The summed E-state index contributed by atoms with van der Waals surface area (Å²) in [4.78, 5) is 14.2. The molecule has 1 unspecified atom stereocenters. The van der Waals surface area contributed by atoms with Gasteiger partial charge in [0.05, 0.1) is 3.57 Å². The maximum Gasteiger partial charge on any atom is 0.253 e. The molecule has 1 fully saturated rings. The minimum atomic E-state index is 0.0419. The SMILES string of the molecule is CCCC1CCN(C(=O)c2ccc(I)c(O)c2)C1. The lowest BCUT2D eigenvalue weighted by Crippen LogP contribution is -2.28. The normalized spacial score (nSPS) is 19.2. The van der Waals surface area contributed by atoms with Crippen LogP contribution in [0.3, 0.4) is 0 Å². The number of aromatic hydroxyl groups is 1. The third-order valence-electron chi connectivity index (χ3n) is 3.46. The molecule has 0 saturated carbocycles. The molecule has 2 rings (SSSR count). The second kappa shape index (κ2) is 5.91. The lowest BCUT2D eigenvalue weighted by Gasteiger charge is -2.16. The summed E-state index contributed by atoms with van der Waals surface area (Å²) in [5.74, 6) is 0.877. The molecular weight excluding hydrogens is 341 g/mol. The quantitative estimate of drug-likeness (QED) is 0.842. The van der Waals surface area contributed by atoms with Crippen molar-refractivity contribution in [2.45, 2.75) is 26.2 Å². The van der Waals surface area contributed by atoms with Crippen molar-refractivity contribution < 1.29 is 9.90 Å². The average Bonchev–Trinajstić information content (AvgIpc) is 2.81. The van der Waals surface area contributed by atoms with Crippen LogP contribution in [-0.4, -0.2) is 29.0 Å². The summed E-state index contributed by atoms with van der Waals surface area (Å²) in [7, 11) is 0. The van der Waals surface area contributed by atoms with E-state index in [1.54, 1.807) is 18.2 Å². The van der Waals surface area contributed by atoms with Crippen molar-refractivity contribution in [1.29, 1.82) is 0 Å². The van der Waals surface area contributed by atoms with Crippen LogP contribution in [0.5, 0.6) is 5.75 Å². The molecule has 1 saturated heterocycles. The molecule has 1 aromatic rings. The van der Waals surface area contributed by atoms with Gasteiger partial charge in [0.15, 0.2) is 0 Å². The third-order valence-corrected chi connectivity index (χ3v) is 4.38. The Morgan fingerprint density at radius 1 is 1.56 bits per heavy atom. The number of hydrogen-bond acceptors (Lipinski definition) is 2. The highest BCUT2D eigenvalue weighted by atomic mass is 127. The summed E-state index contributed by atoms with van der Waals surface area (Å²) >= 11 is 2.05. The number of benzene rings is 1. The molecule has 3 nitrogen and oxygen atoms in total. The maximum absolute atomic E-state index is 12.3. The van der Waals surface area contributed by atoms with E-state index in [-0.39, 0.29) is 11.7 Å². The van der Waals surface area contributed by atoms with E-state index in [9.17, 15) is 9.90 Å². The van der Waals surface area contributed by atoms with Crippen molar-refractivity contribution >= 4 is 28.5 Å². The fraction of sp³-hybridized carbons (Fsp3) is 0.500. The topological polar surface area (TPSA) is 40.5 Å². The van der Waals surface area contributed by atoms with E-state index >= 15 is 0 Å². The summed E-state index contributed by atoms with van der Waals surface area (Å²) in [5.41, 5.74) is 0.588. The van der Waals surface area contributed by atoms with E-state index < -0.39 is 0 Å². The molecule has 1 aliphatic rings. The minimum Gasteiger partial charge on any atom is -0.507 e. The van der Waals surface area contributed by atoms with Crippen LogP contribution in [-0.2, 0) is 0 Å². The Hall–Kier alpha value is -0.780. The summed E-state index contributed by atoms with van der Waals surface area (Å²) in [5, 5.41) is 9.65. The Labute approximate surface area is 121 Å². The number of phenolic OH excluding ortho intramolecular Hbond substituents is 1. The van der Waals surface area contributed by atoms with Gasteiger partial charge < -0.3 is 10.0 Å². The molecule has 0 aromatic heterocycles. The first-order chi connectivity index (χ1) is 8.61. The first-order valence-electron chi connectivity index (χ1n) is 6.39. The minimum absolute atomic E-state index is 0.0419. The number of phenols is 1. The average molecular weight is 359 g/mol. The van der Waals surface area contributed by atoms with Crippen LogP contribution in [0.1, 0.15) is 36.5 Å². The van der Waals surface area contributed by atoms with Crippen molar-refractivity contribution in [3.63, 3.8) is 0 Å². The fourth-order valence-corrected chi connectivity index (χ4v) is 2.82. The zero-order valence-corrected chi connectivity index (χ0v) is 12.7. The van der Waals surface area contributed by atoms with Crippen molar-refractivity contribution in [3.8, 4) is 5.75 Å². The number of likely N-dealkylation sites (tertiary alicyclic amines) is 1. The van der Waals surface area contributed by atoms with Crippen LogP contribution in [0.15, 0.2) is 18.2 Å². The lowest BCUT2D eigenvalue weighted by molar-refractivity contribution is 0.0786. The Kier molecular flexibility index (Phi) is 4.48. The Morgan fingerprint density at radius 3 is 3.00 bits per heavy atom. The number of hydrogen-bond donors (Lipinski definition) is 1. The largest absolute Gasteiger partial charge is 0.507 e. The first-order valence-corrected chi connectivity index (χ1v) is 7.47. The highest BCUT2D eigenvalue weighted by Gasteiger charge is 2.26. The zero-order valence-electron chi connectivity index (χ0n) is 10.5. The smallest absolute Gasteiger partial charge is 0.253 e. The van der Waals surface area contributed by atoms with Crippen LogP contribution in [0.25, 0.3) is 0 Å². The maximum atomic E-state index is 12.3. The van der Waals surface area contributed by atoms with E-state index in [4.69, 9.17) is 0 Å². The van der Waals surface area contributed by atoms with Crippen molar-refractivity contribution in [2.24, 2.45) is 5.92 Å². The van der Waals surface area contributed by atoms with Crippen LogP contribution < -0.4 is 0 Å². The third kappa shape index (κ3) is 2.96. The van der Waals surface area contributed by atoms with Gasteiger partial charge in [0.25, 0.3) is 5.91 Å². The molecule has 1 atom stereocenters. The number of halogens is 1. The monoisotopic (exact) mass is 359 g/mol. The van der Waals surface area contributed by atoms with Gasteiger partial charge in [-0.3, -0.25) is 4.79 Å². The van der Waals surface area contributed by atoms with Gasteiger partial charge in [0, 0.05) is 18.7 Å². The molecule has 1 heterocycles. The van der Waals surface area contributed by atoms with Gasteiger partial charge in [-0.05, 0) is 59.5 Å². The molecular formula is C14H18INO2. The molecule has 0 radical (unpaired) electrons. The molecule has 1 amide bonds. The van der Waals surface area contributed by atoms with Crippen molar-refractivity contribution in [2.75, 3.05) is 13.1 Å². The van der Waals surface area contributed by atoms with Crippen molar-refractivity contribution in [3.05, 3.63) is 27.3 Å². The highest BCUT2D eigenvalue weighted by Crippen LogP contribution is 2.25. The van der Waals surface area contributed by atoms with Crippen molar-refractivity contribution in [1.82, 2.24) is 4.90 Å². The zero-order chi connectivity index (χ0) is 13.1. The van der Waals surface area contributed by atoms with Crippen LogP contribution >= 0.6 is 22.6 Å². The lowest BCUT2D eigenvalue weighted by atomic mass is 10.0. The number of carbonyl (C=O) groups is 1. The summed E-state index contributed by atoms with van der Waals surface area (Å²) in [6, 6.07) is 5.14. The van der Waals surface area contributed by atoms with Gasteiger partial charge in [0.2, 0.25) is 0 Å². The molecule has 0 spiro atoms. The summed E-state index contributed by atoms with van der Waals surface area (Å²) in [6.07, 6.45) is 3.48. The number of carbonyl (C=O) groups excluding carboxylic acids is 1. The Morgan fingerprint density at radius 2 is 2.33 bits per heavy atom. The first kappa shape index (κ1) is 13.6. The van der Waals surface area contributed by atoms with E-state index in [1.807, 2.05) is 4.90 Å². The van der Waals surface area contributed by atoms with E-state index in [0.717, 1.165) is 23.1 Å². The highest BCUT2D eigenvalue weighted by molar-refractivity contribution is 14.1. The predicted molar refractivity (Wildman–Crippen MR) is 79.7 cm³/mol. The van der Waals surface area contributed by atoms with Crippen LogP contribution in [0.2, 0.25) is 0 Å². The molecule has 4 heteroatoms. The summed E-state index contributed by atoms with van der Waals surface area (Å²) < 4.78 is 0.773. The number of nitrogens with zero attached hydrogens (tertiary/aromatic N) is 1. The fourth-order valence-electron chi connectivity index (χ4n) is 2.49. The number of rotatable bonds is 3. The second-order valence-electron chi connectivity index (χ2n) is 4.86. The van der Waals surface area contributed by atoms with Gasteiger partial charge in [-0.1, -0.05) is 13.3 Å². The van der Waals surface area contributed by atoms with Crippen LogP contribution in [0.4, 0.5) is 0 Å². The van der Waals surface area contributed by atoms with E-state index in [1.165, 1.54) is 12.8 Å². The van der Waals surface area contributed by atoms with Gasteiger partial charge in [-0.15, -0.1) is 0 Å². The predicted octanol–water partition coefficient (Wildman–Crippen LogP) is 3.26. The van der Waals surface area contributed by atoms with E-state index in [0.29, 0.717) is 11.5 Å². The molecule has 0 bridgehead atoms. The van der Waals surface area contributed by atoms with E-state index in [2.05, 4.69) is 29.5 Å². The van der Waals surface area contributed by atoms with Gasteiger partial charge in [0.1, 0.15) is 5.75 Å². The second-order valence-corrected chi connectivity index (χ2v) is 6.02. The molecule has 0 aliphatic carbocycles. The molecule has 1 N–H and O–H groups in total. The molecule has 98 valence electrons. The summed E-state index contributed by atoms with van der Waals surface area (Å²) in [6.45, 7) is 3.89. The molecule has 1 aliphatic heterocycles. The molecule has 1 aromatic carbocycles. The van der Waals surface area contributed by atoms with Gasteiger partial charge in [-0.2, -0.15) is 0 Å². The number of amides is 1. The Bertz CT molecular complexity index is 447. The standard InChI is InChI=1S/C14H18INO2/c1-2-3-10-6-7-16(9-10)14(18)11-4-5-12(15)13(17)8-11/h4-5,8,10,17H,2-3,6-7,9H2,1H3. The van der Waals surface area contributed by atoms with Crippen LogP contribution in [0, 0.1) is 9.49 Å². The van der Waals surface area contributed by atoms with Gasteiger partial charge >= 0.3 is 0 Å². The van der Waals surface area contributed by atoms with Gasteiger partial charge in [-0.25, -0.2) is 0 Å². The molecule has 18 heavy (non-hydrogen) atoms.